The summed E-state index contributed by atoms with van der Waals surface area (Å²) in [5, 5.41) is 4.72. The van der Waals surface area contributed by atoms with Gasteiger partial charge in [0.15, 0.2) is 0 Å². The molecule has 0 saturated heterocycles. The summed E-state index contributed by atoms with van der Waals surface area (Å²) in [6.07, 6.45) is 2.74. The fraction of sp³-hybridized carbons (Fsp3) is 0.312. The van der Waals surface area contributed by atoms with E-state index in [1.165, 1.54) is 16.9 Å². The molecule has 0 aliphatic carbocycles. The first-order chi connectivity index (χ1) is 10.6. The first-order valence-corrected chi connectivity index (χ1v) is 7.98. The zero-order chi connectivity index (χ0) is 15.9. The van der Waals surface area contributed by atoms with Crippen molar-refractivity contribution in [2.45, 2.75) is 27.2 Å². The van der Waals surface area contributed by atoms with Crippen LogP contribution in [0.5, 0.6) is 0 Å². The molecular weight excluding hydrogens is 298 g/mol. The number of aromatic nitrogens is 1. The predicted molar refractivity (Wildman–Crippen MR) is 89.8 cm³/mol. The molecule has 2 rings (SSSR count). The van der Waals surface area contributed by atoms with Gasteiger partial charge in [0.25, 0.3) is 0 Å². The lowest BCUT2D eigenvalue weighted by molar-refractivity contribution is 0.0531. The van der Waals surface area contributed by atoms with Gasteiger partial charge in [-0.25, -0.2) is 9.78 Å². The van der Waals surface area contributed by atoms with E-state index in [9.17, 15) is 4.79 Å². The van der Waals surface area contributed by atoms with Gasteiger partial charge in [0.05, 0.1) is 18.5 Å². The molecule has 22 heavy (non-hydrogen) atoms. The molecule has 116 valence electrons. The van der Waals surface area contributed by atoms with Crippen molar-refractivity contribution in [3.63, 3.8) is 0 Å². The van der Waals surface area contributed by atoms with E-state index in [1.54, 1.807) is 20.1 Å². The van der Waals surface area contributed by atoms with Crippen LogP contribution in [-0.4, -0.2) is 23.8 Å². The quantitative estimate of drug-likeness (QED) is 0.502. The highest BCUT2D eigenvalue weighted by atomic mass is 32.1. The third kappa shape index (κ3) is 4.14. The summed E-state index contributed by atoms with van der Waals surface area (Å²) in [7, 11) is 0. The number of aryl methyl sites for hydroxylation is 2. The Morgan fingerprint density at radius 2 is 2.09 bits per heavy atom. The van der Waals surface area contributed by atoms with Gasteiger partial charge in [-0.05, 0) is 31.4 Å². The SMILES string of the molecule is CCOC(=O)c1sc(N/N=C/c2ccc(CC)cc2)nc1C. The van der Waals surface area contributed by atoms with Crippen LogP contribution in [0.15, 0.2) is 29.4 Å². The molecule has 0 aliphatic rings. The van der Waals surface area contributed by atoms with Crippen LogP contribution in [0.4, 0.5) is 5.13 Å². The van der Waals surface area contributed by atoms with Gasteiger partial charge in [0.2, 0.25) is 5.13 Å². The zero-order valence-electron chi connectivity index (χ0n) is 12.9. The molecule has 0 amide bonds. The Morgan fingerprint density at radius 1 is 1.36 bits per heavy atom. The smallest absolute Gasteiger partial charge is 0.350 e. The van der Waals surface area contributed by atoms with E-state index in [2.05, 4.69) is 34.6 Å². The lowest BCUT2D eigenvalue weighted by atomic mass is 10.1. The Bertz CT molecular complexity index is 663. The van der Waals surface area contributed by atoms with Gasteiger partial charge in [0, 0.05) is 0 Å². The Labute approximate surface area is 134 Å². The first-order valence-electron chi connectivity index (χ1n) is 7.16. The highest BCUT2D eigenvalue weighted by Gasteiger charge is 2.15. The first kappa shape index (κ1) is 16.2. The number of nitrogens with one attached hydrogen (secondary N) is 1. The van der Waals surface area contributed by atoms with E-state index >= 15 is 0 Å². The maximum Gasteiger partial charge on any atom is 0.350 e. The summed E-state index contributed by atoms with van der Waals surface area (Å²) in [6.45, 7) is 6.03. The molecule has 0 aliphatic heterocycles. The number of benzene rings is 1. The molecule has 1 heterocycles. The number of ether oxygens (including phenoxy) is 1. The normalized spacial score (nSPS) is 10.9. The van der Waals surface area contributed by atoms with Crippen molar-refractivity contribution in [3.8, 4) is 0 Å². The Hall–Kier alpha value is -2.21. The Kier molecular flexibility index (Phi) is 5.66. The largest absolute Gasteiger partial charge is 0.462 e. The van der Waals surface area contributed by atoms with Gasteiger partial charge in [-0.15, -0.1) is 0 Å². The van der Waals surface area contributed by atoms with Gasteiger partial charge in [-0.3, -0.25) is 5.43 Å². The average molecular weight is 317 g/mol. The molecule has 1 N–H and O–H groups in total. The molecule has 0 spiro atoms. The third-order valence-electron chi connectivity index (χ3n) is 3.02. The molecule has 0 atom stereocenters. The minimum absolute atomic E-state index is 0.343. The zero-order valence-corrected chi connectivity index (χ0v) is 13.7. The van der Waals surface area contributed by atoms with Gasteiger partial charge in [0.1, 0.15) is 4.88 Å². The van der Waals surface area contributed by atoms with Crippen LogP contribution in [0.3, 0.4) is 0 Å². The second-order valence-corrected chi connectivity index (χ2v) is 5.62. The standard InChI is InChI=1S/C16H19N3O2S/c1-4-12-6-8-13(9-7-12)10-17-19-16-18-11(3)14(22-16)15(20)21-5-2/h6-10H,4-5H2,1-3H3,(H,18,19)/b17-10+. The number of nitrogens with zero attached hydrogens (tertiary/aromatic N) is 2. The summed E-state index contributed by atoms with van der Waals surface area (Å²) in [4.78, 5) is 16.5. The van der Waals surface area contributed by atoms with E-state index in [0.717, 1.165) is 12.0 Å². The number of carbonyl (C=O) groups excluding carboxylic acids is 1. The second-order valence-electron chi connectivity index (χ2n) is 4.62. The van der Waals surface area contributed by atoms with E-state index in [-0.39, 0.29) is 5.97 Å². The number of hydrogen-bond acceptors (Lipinski definition) is 6. The molecule has 5 nitrogen and oxygen atoms in total. The van der Waals surface area contributed by atoms with Crippen molar-refractivity contribution in [1.29, 1.82) is 0 Å². The van der Waals surface area contributed by atoms with Gasteiger partial charge < -0.3 is 4.74 Å². The van der Waals surface area contributed by atoms with Crippen molar-refractivity contribution in [2.75, 3.05) is 12.0 Å². The van der Waals surface area contributed by atoms with E-state index in [1.807, 2.05) is 12.1 Å². The summed E-state index contributed by atoms with van der Waals surface area (Å²) in [5.41, 5.74) is 5.79. The van der Waals surface area contributed by atoms with Gasteiger partial charge >= 0.3 is 5.97 Å². The molecular formula is C16H19N3O2S. The molecule has 2 aromatic rings. The van der Waals surface area contributed by atoms with Crippen LogP contribution in [0, 0.1) is 6.92 Å². The molecule has 0 unspecified atom stereocenters. The lowest BCUT2D eigenvalue weighted by Crippen LogP contribution is -2.03. The monoisotopic (exact) mass is 317 g/mol. The molecule has 1 aromatic heterocycles. The maximum atomic E-state index is 11.7. The van der Waals surface area contributed by atoms with Crippen molar-refractivity contribution < 1.29 is 9.53 Å². The number of anilines is 1. The topological polar surface area (TPSA) is 63.6 Å². The van der Waals surface area contributed by atoms with E-state index < -0.39 is 0 Å². The third-order valence-corrected chi connectivity index (χ3v) is 4.06. The van der Waals surface area contributed by atoms with Crippen LogP contribution < -0.4 is 5.43 Å². The number of hydrazone groups is 1. The molecule has 0 fully saturated rings. The average Bonchev–Trinajstić information content (AvgIpc) is 2.89. The Balaban J connectivity index is 2.00. The minimum atomic E-state index is -0.343. The minimum Gasteiger partial charge on any atom is -0.462 e. The number of hydrogen-bond donors (Lipinski definition) is 1. The highest BCUT2D eigenvalue weighted by Crippen LogP contribution is 2.23. The second kappa shape index (κ2) is 7.70. The fourth-order valence-electron chi connectivity index (χ4n) is 1.83. The van der Waals surface area contributed by atoms with Crippen LogP contribution in [0.2, 0.25) is 0 Å². The lowest BCUT2D eigenvalue weighted by Gasteiger charge is -1.98. The van der Waals surface area contributed by atoms with Crippen LogP contribution in [0.25, 0.3) is 0 Å². The van der Waals surface area contributed by atoms with Gasteiger partial charge in [-0.1, -0.05) is 42.5 Å². The number of carbonyl (C=O) groups is 1. The summed E-state index contributed by atoms with van der Waals surface area (Å²) < 4.78 is 4.98. The summed E-state index contributed by atoms with van der Waals surface area (Å²) in [6, 6.07) is 8.18. The maximum absolute atomic E-state index is 11.7. The van der Waals surface area contributed by atoms with Crippen molar-refractivity contribution >= 4 is 28.7 Å². The Morgan fingerprint density at radius 3 is 2.73 bits per heavy atom. The number of thiazole rings is 1. The summed E-state index contributed by atoms with van der Waals surface area (Å²) >= 11 is 1.24. The number of esters is 1. The van der Waals surface area contributed by atoms with Crippen LogP contribution in [-0.2, 0) is 11.2 Å². The molecule has 0 saturated carbocycles. The molecule has 1 aromatic carbocycles. The summed E-state index contributed by atoms with van der Waals surface area (Å²) in [5.74, 6) is -0.343. The molecule has 0 radical (unpaired) electrons. The van der Waals surface area contributed by atoms with Crippen molar-refractivity contribution in [1.82, 2.24) is 4.98 Å². The number of rotatable bonds is 6. The fourth-order valence-corrected chi connectivity index (χ4v) is 2.64. The van der Waals surface area contributed by atoms with E-state index in [0.29, 0.717) is 22.3 Å². The van der Waals surface area contributed by atoms with Crippen molar-refractivity contribution in [3.05, 3.63) is 46.0 Å². The van der Waals surface area contributed by atoms with Crippen molar-refractivity contribution in [2.24, 2.45) is 5.10 Å². The van der Waals surface area contributed by atoms with Crippen LogP contribution >= 0.6 is 11.3 Å². The molecule has 0 bridgehead atoms. The van der Waals surface area contributed by atoms with Gasteiger partial charge in [-0.2, -0.15) is 5.10 Å². The predicted octanol–water partition coefficient (Wildman–Crippen LogP) is 3.64. The highest BCUT2D eigenvalue weighted by molar-refractivity contribution is 7.17. The molecule has 6 heteroatoms. The van der Waals surface area contributed by atoms with Crippen LogP contribution in [0.1, 0.15) is 40.3 Å². The van der Waals surface area contributed by atoms with E-state index in [4.69, 9.17) is 4.74 Å².